The Morgan fingerprint density at radius 2 is 1.43 bits per heavy atom. The highest BCUT2D eigenvalue weighted by Crippen LogP contribution is 2.39. The van der Waals surface area contributed by atoms with E-state index in [1.165, 1.54) is 11.4 Å². The van der Waals surface area contributed by atoms with E-state index < -0.39 is 0 Å². The van der Waals surface area contributed by atoms with E-state index in [1.807, 2.05) is 0 Å². The molecule has 0 atom stereocenters. The van der Waals surface area contributed by atoms with Crippen molar-refractivity contribution in [2.45, 2.75) is 13.8 Å². The average molecular weight is 188 g/mol. The number of benzene rings is 1. The lowest BCUT2D eigenvalue weighted by atomic mass is 10.2. The third-order valence-corrected chi connectivity index (χ3v) is 2.72. The second-order valence-electron chi connectivity index (χ2n) is 3.39. The van der Waals surface area contributed by atoms with Crippen molar-refractivity contribution in [2.75, 3.05) is 22.9 Å². The molecule has 1 aliphatic rings. The molecular weight excluding hydrogens is 172 g/mol. The van der Waals surface area contributed by atoms with E-state index in [2.05, 4.69) is 54.5 Å². The van der Waals surface area contributed by atoms with Crippen LogP contribution in [0.25, 0.3) is 0 Å². The highest BCUT2D eigenvalue weighted by Gasteiger charge is 2.26. The fourth-order valence-electron chi connectivity index (χ4n) is 2.05. The van der Waals surface area contributed by atoms with Gasteiger partial charge < -0.3 is 9.80 Å². The zero-order chi connectivity index (χ0) is 10.1. The molecule has 0 saturated heterocycles. The van der Waals surface area contributed by atoms with E-state index in [-0.39, 0.29) is 0 Å². The second kappa shape index (κ2) is 3.37. The molecule has 0 bridgehead atoms. The molecule has 0 aliphatic carbocycles. The van der Waals surface area contributed by atoms with Crippen LogP contribution in [0.3, 0.4) is 0 Å². The first kappa shape index (κ1) is 9.13. The number of rotatable bonds is 2. The van der Waals surface area contributed by atoms with E-state index >= 15 is 0 Å². The number of fused-ring (bicyclic) bond motifs is 1. The fourth-order valence-corrected chi connectivity index (χ4v) is 2.05. The van der Waals surface area contributed by atoms with Gasteiger partial charge in [0, 0.05) is 13.1 Å². The van der Waals surface area contributed by atoms with Crippen LogP contribution in [0.4, 0.5) is 11.4 Å². The second-order valence-corrected chi connectivity index (χ2v) is 3.39. The van der Waals surface area contributed by atoms with Crippen molar-refractivity contribution in [3.05, 3.63) is 36.7 Å². The van der Waals surface area contributed by atoms with Crippen molar-refractivity contribution >= 4 is 11.4 Å². The molecule has 0 fully saturated rings. The highest BCUT2D eigenvalue weighted by atomic mass is 15.4. The zero-order valence-electron chi connectivity index (χ0n) is 8.83. The molecule has 1 aliphatic heterocycles. The zero-order valence-corrected chi connectivity index (χ0v) is 8.83. The summed E-state index contributed by atoms with van der Waals surface area (Å²) in [7, 11) is 0. The molecule has 1 heterocycles. The molecule has 2 nitrogen and oxygen atoms in total. The molecule has 0 radical (unpaired) electrons. The summed E-state index contributed by atoms with van der Waals surface area (Å²) in [6.07, 6.45) is 0. The molecular formula is C12H16N2. The summed E-state index contributed by atoms with van der Waals surface area (Å²) in [5.41, 5.74) is 2.56. The Kier molecular flexibility index (Phi) is 2.20. The Hall–Kier alpha value is -1.44. The summed E-state index contributed by atoms with van der Waals surface area (Å²) in [6.45, 7) is 10.4. The van der Waals surface area contributed by atoms with Gasteiger partial charge in [0.1, 0.15) is 5.82 Å². The van der Waals surface area contributed by atoms with E-state index in [0.717, 1.165) is 18.9 Å². The van der Waals surface area contributed by atoms with Crippen LogP contribution in [0.1, 0.15) is 13.8 Å². The maximum absolute atomic E-state index is 4.13. The lowest BCUT2D eigenvalue weighted by Crippen LogP contribution is -2.26. The monoisotopic (exact) mass is 188 g/mol. The summed E-state index contributed by atoms with van der Waals surface area (Å²) in [4.78, 5) is 4.50. The molecule has 1 aromatic carbocycles. The molecule has 0 N–H and O–H groups in total. The third kappa shape index (κ3) is 1.10. The molecule has 74 valence electrons. The maximum atomic E-state index is 4.13. The van der Waals surface area contributed by atoms with E-state index in [0.29, 0.717) is 0 Å². The molecule has 0 amide bonds. The Labute approximate surface area is 85.4 Å². The summed E-state index contributed by atoms with van der Waals surface area (Å²) in [5.74, 6) is 1.09. The Morgan fingerprint density at radius 1 is 1.00 bits per heavy atom. The summed E-state index contributed by atoms with van der Waals surface area (Å²) >= 11 is 0. The van der Waals surface area contributed by atoms with Crippen LogP contribution in [-0.2, 0) is 0 Å². The van der Waals surface area contributed by atoms with Crippen LogP contribution >= 0.6 is 0 Å². The van der Waals surface area contributed by atoms with Gasteiger partial charge in [0.15, 0.2) is 0 Å². The molecule has 0 spiro atoms. The quantitative estimate of drug-likeness (QED) is 0.704. The summed E-state index contributed by atoms with van der Waals surface area (Å²) < 4.78 is 0. The average Bonchev–Trinajstić information content (AvgIpc) is 2.49. The van der Waals surface area contributed by atoms with Crippen molar-refractivity contribution in [3.63, 3.8) is 0 Å². The van der Waals surface area contributed by atoms with Crippen LogP contribution in [0.5, 0.6) is 0 Å². The fraction of sp³-hybridized carbons (Fsp3) is 0.333. The van der Waals surface area contributed by atoms with E-state index in [9.17, 15) is 0 Å². The molecule has 0 saturated carbocycles. The number of hydrogen-bond donors (Lipinski definition) is 0. The number of hydrogen-bond acceptors (Lipinski definition) is 2. The third-order valence-electron chi connectivity index (χ3n) is 2.72. The lowest BCUT2D eigenvalue weighted by molar-refractivity contribution is 0.905. The van der Waals surface area contributed by atoms with Gasteiger partial charge >= 0.3 is 0 Å². The molecule has 0 unspecified atom stereocenters. The van der Waals surface area contributed by atoms with Crippen LogP contribution in [0.2, 0.25) is 0 Å². The SMILES string of the molecule is C=C1N(CC)c2ccccc2N1CC. The minimum atomic E-state index is 0.979. The van der Waals surface area contributed by atoms with Gasteiger partial charge in [0.2, 0.25) is 0 Å². The molecule has 14 heavy (non-hydrogen) atoms. The number of para-hydroxylation sites is 2. The first-order chi connectivity index (χ1) is 6.79. The molecule has 2 rings (SSSR count). The van der Waals surface area contributed by atoms with Gasteiger partial charge in [-0.15, -0.1) is 0 Å². The molecule has 1 aromatic rings. The first-order valence-corrected chi connectivity index (χ1v) is 5.12. The maximum Gasteiger partial charge on any atom is 0.106 e. The van der Waals surface area contributed by atoms with Crippen molar-refractivity contribution in [3.8, 4) is 0 Å². The van der Waals surface area contributed by atoms with E-state index in [1.54, 1.807) is 0 Å². The largest absolute Gasteiger partial charge is 0.327 e. The lowest BCUT2D eigenvalue weighted by Gasteiger charge is -2.21. The van der Waals surface area contributed by atoms with Crippen LogP contribution in [-0.4, -0.2) is 13.1 Å². The van der Waals surface area contributed by atoms with Crippen LogP contribution < -0.4 is 9.80 Å². The summed E-state index contributed by atoms with van der Waals surface area (Å²) in [6, 6.07) is 8.46. The van der Waals surface area contributed by atoms with Crippen molar-refractivity contribution in [2.24, 2.45) is 0 Å². The number of anilines is 2. The van der Waals surface area contributed by atoms with Gasteiger partial charge in [0.25, 0.3) is 0 Å². The van der Waals surface area contributed by atoms with Crippen molar-refractivity contribution < 1.29 is 0 Å². The van der Waals surface area contributed by atoms with E-state index in [4.69, 9.17) is 0 Å². The minimum absolute atomic E-state index is 0.979. The Morgan fingerprint density at radius 3 is 1.79 bits per heavy atom. The van der Waals surface area contributed by atoms with Gasteiger partial charge in [-0.05, 0) is 26.0 Å². The molecule has 2 heteroatoms. The van der Waals surface area contributed by atoms with Crippen LogP contribution in [0.15, 0.2) is 36.7 Å². The van der Waals surface area contributed by atoms with Gasteiger partial charge in [-0.25, -0.2) is 0 Å². The van der Waals surface area contributed by atoms with Gasteiger partial charge in [0.05, 0.1) is 11.4 Å². The van der Waals surface area contributed by atoms with Gasteiger partial charge in [-0.3, -0.25) is 0 Å². The predicted molar refractivity (Wildman–Crippen MR) is 61.6 cm³/mol. The predicted octanol–water partition coefficient (Wildman–Crippen LogP) is 2.82. The Bertz CT molecular complexity index is 324. The van der Waals surface area contributed by atoms with Gasteiger partial charge in [-0.2, -0.15) is 0 Å². The van der Waals surface area contributed by atoms with Crippen molar-refractivity contribution in [1.29, 1.82) is 0 Å². The van der Waals surface area contributed by atoms with Gasteiger partial charge in [-0.1, -0.05) is 18.7 Å². The van der Waals surface area contributed by atoms with Crippen LogP contribution in [0, 0.1) is 0 Å². The number of nitrogens with zero attached hydrogens (tertiary/aromatic N) is 2. The molecule has 0 aromatic heterocycles. The highest BCUT2D eigenvalue weighted by molar-refractivity contribution is 5.81. The summed E-state index contributed by atoms with van der Waals surface area (Å²) in [5, 5.41) is 0. The minimum Gasteiger partial charge on any atom is -0.327 e. The Balaban J connectivity index is 2.50. The normalized spacial score (nSPS) is 14.9. The smallest absolute Gasteiger partial charge is 0.106 e. The standard InChI is InChI=1S/C12H16N2/c1-4-13-10(3)14(5-2)12-9-7-6-8-11(12)13/h6-9H,3-5H2,1-2H3. The topological polar surface area (TPSA) is 6.48 Å². The van der Waals surface area contributed by atoms with Crippen molar-refractivity contribution in [1.82, 2.24) is 0 Å². The first-order valence-electron chi connectivity index (χ1n) is 5.12.